The van der Waals surface area contributed by atoms with Gasteiger partial charge in [0.2, 0.25) is 6.04 Å². The molecule has 0 amide bonds. The maximum atomic E-state index is 10.7. The second kappa shape index (κ2) is 4.39. The summed E-state index contributed by atoms with van der Waals surface area (Å²) in [6, 6.07) is -0.492. The summed E-state index contributed by atoms with van der Waals surface area (Å²) in [6.45, 7) is 0. The van der Waals surface area contributed by atoms with Crippen LogP contribution in [0.3, 0.4) is 0 Å². The van der Waals surface area contributed by atoms with Gasteiger partial charge < -0.3 is 4.79 Å². The third-order valence-corrected chi connectivity index (χ3v) is 2.94. The van der Waals surface area contributed by atoms with E-state index in [1.807, 2.05) is 0 Å². The van der Waals surface area contributed by atoms with Crippen LogP contribution in [0.1, 0.15) is 25.7 Å². The van der Waals surface area contributed by atoms with Gasteiger partial charge in [0.15, 0.2) is 0 Å². The van der Waals surface area contributed by atoms with E-state index < -0.39 is 6.04 Å². The Bertz CT molecular complexity index is 210. The summed E-state index contributed by atoms with van der Waals surface area (Å²) in [5.41, 5.74) is 0. The summed E-state index contributed by atoms with van der Waals surface area (Å²) in [4.78, 5) is 21.0. The van der Waals surface area contributed by atoms with Crippen molar-refractivity contribution >= 4 is 14.1 Å². The Morgan fingerprint density at radius 3 is 2.62 bits per heavy atom. The molecule has 1 rings (SSSR count). The quantitative estimate of drug-likeness (QED) is 0.276. The second-order valence-corrected chi connectivity index (χ2v) is 3.80. The Kier molecular flexibility index (Phi) is 3.45. The molecule has 1 aliphatic carbocycles. The van der Waals surface area contributed by atoms with E-state index in [4.69, 9.17) is 0 Å². The van der Waals surface area contributed by atoms with Crippen molar-refractivity contribution in [3.8, 4) is 0 Å². The van der Waals surface area contributed by atoms with E-state index in [0.29, 0.717) is 6.42 Å². The van der Waals surface area contributed by atoms with Crippen molar-refractivity contribution in [1.29, 1.82) is 0 Å². The Balaban J connectivity index is 2.66. The first-order valence-electron chi connectivity index (χ1n) is 4.75. The van der Waals surface area contributed by atoms with Gasteiger partial charge in [0.25, 0.3) is 0 Å². The standard InChI is InChI=1S/C8H14BNO3/c9-7(5-11)6-3-1-2-4-8(6)10(12)13/h5-8H,1-4,9H2/t6-,7+,8-/m0/s1. The largest absolute Gasteiger partial charge is 0.304 e. The van der Waals surface area contributed by atoms with Gasteiger partial charge in [-0.3, -0.25) is 10.1 Å². The third-order valence-electron chi connectivity index (χ3n) is 2.94. The number of hydrogen-bond acceptors (Lipinski definition) is 3. The zero-order valence-electron chi connectivity index (χ0n) is 7.81. The fourth-order valence-electron chi connectivity index (χ4n) is 2.12. The van der Waals surface area contributed by atoms with Crippen LogP contribution in [0.2, 0.25) is 5.82 Å². The summed E-state index contributed by atoms with van der Waals surface area (Å²) >= 11 is 0. The first kappa shape index (κ1) is 10.2. The molecule has 1 saturated carbocycles. The van der Waals surface area contributed by atoms with Gasteiger partial charge in [-0.15, -0.1) is 0 Å². The summed E-state index contributed by atoms with van der Waals surface area (Å²) < 4.78 is 0. The van der Waals surface area contributed by atoms with Gasteiger partial charge in [0.05, 0.1) is 0 Å². The van der Waals surface area contributed by atoms with Gasteiger partial charge in [-0.1, -0.05) is 6.42 Å². The molecular formula is C8H14BNO3. The van der Waals surface area contributed by atoms with E-state index >= 15 is 0 Å². The normalized spacial score (nSPS) is 30.8. The highest BCUT2D eigenvalue weighted by Crippen LogP contribution is 2.32. The van der Waals surface area contributed by atoms with Crippen LogP contribution in [0, 0.1) is 16.0 Å². The Hall–Kier alpha value is -0.865. The lowest BCUT2D eigenvalue weighted by atomic mass is 9.69. The van der Waals surface area contributed by atoms with Crippen LogP contribution >= 0.6 is 0 Å². The van der Waals surface area contributed by atoms with Gasteiger partial charge in [-0.2, -0.15) is 0 Å². The predicted octanol–water partition coefficient (Wildman–Crippen LogP) is 0.442. The molecule has 13 heavy (non-hydrogen) atoms. The minimum atomic E-state index is -0.492. The molecule has 0 heterocycles. The fourth-order valence-corrected chi connectivity index (χ4v) is 2.12. The van der Waals surface area contributed by atoms with Crippen molar-refractivity contribution in [1.82, 2.24) is 0 Å². The Labute approximate surface area is 78.3 Å². The molecule has 0 unspecified atom stereocenters. The van der Waals surface area contributed by atoms with Gasteiger partial charge >= 0.3 is 0 Å². The SMILES string of the molecule is B[C@H](C=O)[C@@H]1CCCC[C@@H]1[N+](=O)[O-]. The minimum absolute atomic E-state index is 0.0405. The average molecular weight is 183 g/mol. The Morgan fingerprint density at radius 1 is 1.46 bits per heavy atom. The molecule has 3 atom stereocenters. The van der Waals surface area contributed by atoms with E-state index in [-0.39, 0.29) is 16.7 Å². The van der Waals surface area contributed by atoms with E-state index in [0.717, 1.165) is 25.5 Å². The summed E-state index contributed by atoms with van der Waals surface area (Å²) in [7, 11) is 1.78. The molecule has 5 heteroatoms. The minimum Gasteiger partial charge on any atom is -0.304 e. The van der Waals surface area contributed by atoms with Gasteiger partial charge in [-0.05, 0) is 18.7 Å². The van der Waals surface area contributed by atoms with E-state index in [2.05, 4.69) is 0 Å². The van der Waals surface area contributed by atoms with Crippen LogP contribution in [0.15, 0.2) is 0 Å². The predicted molar refractivity (Wildman–Crippen MR) is 51.1 cm³/mol. The van der Waals surface area contributed by atoms with Crippen LogP contribution < -0.4 is 0 Å². The molecule has 0 bridgehead atoms. The molecule has 72 valence electrons. The van der Waals surface area contributed by atoms with Crippen molar-refractivity contribution in [3.63, 3.8) is 0 Å². The van der Waals surface area contributed by atoms with E-state index in [1.54, 1.807) is 7.85 Å². The Morgan fingerprint density at radius 2 is 2.08 bits per heavy atom. The number of aldehydes is 1. The topological polar surface area (TPSA) is 60.2 Å². The molecule has 0 aromatic heterocycles. The maximum absolute atomic E-state index is 10.7. The van der Waals surface area contributed by atoms with Crippen LogP contribution in [0.25, 0.3) is 0 Å². The highest BCUT2D eigenvalue weighted by molar-refractivity contribution is 6.19. The van der Waals surface area contributed by atoms with Gasteiger partial charge in [0, 0.05) is 17.3 Å². The van der Waals surface area contributed by atoms with Gasteiger partial charge in [-0.25, -0.2) is 0 Å². The molecule has 0 saturated heterocycles. The van der Waals surface area contributed by atoms with Gasteiger partial charge in [0.1, 0.15) is 14.1 Å². The van der Waals surface area contributed by atoms with Crippen LogP contribution in [-0.4, -0.2) is 25.1 Å². The second-order valence-electron chi connectivity index (χ2n) is 3.80. The molecule has 4 nitrogen and oxygen atoms in total. The highest BCUT2D eigenvalue weighted by Gasteiger charge is 2.36. The number of nitrogens with zero attached hydrogens (tertiary/aromatic N) is 1. The van der Waals surface area contributed by atoms with Crippen LogP contribution in [-0.2, 0) is 4.79 Å². The monoisotopic (exact) mass is 183 g/mol. The number of carbonyl (C=O) groups excluding carboxylic acids is 1. The maximum Gasteiger partial charge on any atom is 0.215 e. The van der Waals surface area contributed by atoms with Crippen molar-refractivity contribution in [2.24, 2.45) is 5.92 Å². The molecule has 0 N–H and O–H groups in total. The molecule has 0 aromatic carbocycles. The lowest BCUT2D eigenvalue weighted by Crippen LogP contribution is -2.35. The molecular weight excluding hydrogens is 169 g/mol. The summed E-state index contributed by atoms with van der Waals surface area (Å²) in [5, 5.41) is 10.7. The summed E-state index contributed by atoms with van der Waals surface area (Å²) in [5.74, 6) is -0.211. The van der Waals surface area contributed by atoms with E-state index in [1.165, 1.54) is 0 Å². The number of carbonyl (C=O) groups is 1. The fraction of sp³-hybridized carbons (Fsp3) is 0.875. The van der Waals surface area contributed by atoms with Crippen molar-refractivity contribution in [3.05, 3.63) is 10.1 Å². The average Bonchev–Trinajstić information content (AvgIpc) is 2.16. The number of hydrogen-bond donors (Lipinski definition) is 0. The third kappa shape index (κ3) is 2.29. The van der Waals surface area contributed by atoms with Crippen molar-refractivity contribution in [2.75, 3.05) is 0 Å². The zero-order valence-corrected chi connectivity index (χ0v) is 7.81. The number of rotatable bonds is 3. The molecule has 0 spiro atoms. The molecule has 0 aliphatic heterocycles. The lowest BCUT2D eigenvalue weighted by Gasteiger charge is -2.27. The summed E-state index contributed by atoms with van der Waals surface area (Å²) in [6.07, 6.45) is 4.24. The molecule has 1 aliphatic rings. The van der Waals surface area contributed by atoms with Crippen LogP contribution in [0.4, 0.5) is 0 Å². The number of nitro groups is 1. The first-order valence-corrected chi connectivity index (χ1v) is 4.75. The van der Waals surface area contributed by atoms with Crippen molar-refractivity contribution in [2.45, 2.75) is 37.5 Å². The van der Waals surface area contributed by atoms with Crippen LogP contribution in [0.5, 0.6) is 0 Å². The smallest absolute Gasteiger partial charge is 0.215 e. The molecule has 0 aromatic rings. The van der Waals surface area contributed by atoms with E-state index in [9.17, 15) is 14.9 Å². The molecule has 1 fully saturated rings. The first-order chi connectivity index (χ1) is 6.16. The molecule has 0 radical (unpaired) electrons. The zero-order chi connectivity index (χ0) is 9.84. The lowest BCUT2D eigenvalue weighted by molar-refractivity contribution is -0.535. The van der Waals surface area contributed by atoms with Crippen molar-refractivity contribution < 1.29 is 9.72 Å². The highest BCUT2D eigenvalue weighted by atomic mass is 16.6.